The molecule has 0 spiro atoms. The molecule has 4 N–H and O–H groups in total. The third kappa shape index (κ3) is 7.79. The van der Waals surface area contributed by atoms with E-state index in [2.05, 4.69) is 22.4 Å². The van der Waals surface area contributed by atoms with Crippen molar-refractivity contribution in [1.29, 1.82) is 0 Å². The number of rotatable bonds is 4. The summed E-state index contributed by atoms with van der Waals surface area (Å²) in [5, 5.41) is 7.15. The van der Waals surface area contributed by atoms with Gasteiger partial charge in [-0.15, -0.1) is 0 Å². The summed E-state index contributed by atoms with van der Waals surface area (Å²) in [4.78, 5) is 21.7. The maximum atomic E-state index is 12.5. The zero-order valence-electron chi connectivity index (χ0n) is 16.2. The summed E-state index contributed by atoms with van der Waals surface area (Å²) in [5.74, 6) is 0.186. The first-order chi connectivity index (χ1) is 13.0. The molecule has 27 heavy (non-hydrogen) atoms. The van der Waals surface area contributed by atoms with E-state index in [1.807, 2.05) is 18.2 Å². The molecule has 2 saturated carbocycles. The summed E-state index contributed by atoms with van der Waals surface area (Å²) in [5.41, 5.74) is 5.60. The number of hydrogen-bond acceptors (Lipinski definition) is 2. The molecule has 5 nitrogen and oxygen atoms in total. The van der Waals surface area contributed by atoms with Gasteiger partial charge in [0.05, 0.1) is 6.04 Å². The van der Waals surface area contributed by atoms with Gasteiger partial charge < -0.3 is 16.4 Å². The molecule has 2 fully saturated rings. The molecule has 1 aromatic rings. The Hall–Kier alpha value is -1.75. The molecular formula is C21H32ClN3O2. The highest BCUT2D eigenvalue weighted by atomic mass is 35.5. The second kappa shape index (κ2) is 11.2. The van der Waals surface area contributed by atoms with Gasteiger partial charge in [0, 0.05) is 18.0 Å². The molecule has 1 atom stereocenters. The van der Waals surface area contributed by atoms with E-state index >= 15 is 0 Å². The highest BCUT2D eigenvalue weighted by molar-refractivity contribution is 6.30. The highest BCUT2D eigenvalue weighted by Crippen LogP contribution is 2.36. The number of nitrogens with one attached hydrogen (secondary N) is 2. The highest BCUT2D eigenvalue weighted by Gasteiger charge is 2.28. The number of nitrogens with two attached hydrogens (primary N) is 1. The van der Waals surface area contributed by atoms with E-state index in [1.54, 1.807) is 0 Å². The Balaban J connectivity index is 0.000000596. The van der Waals surface area contributed by atoms with Crippen molar-refractivity contribution in [3.8, 4) is 0 Å². The van der Waals surface area contributed by atoms with Crippen LogP contribution in [0.15, 0.2) is 24.3 Å². The van der Waals surface area contributed by atoms with Crippen molar-refractivity contribution in [2.75, 3.05) is 0 Å². The van der Waals surface area contributed by atoms with E-state index in [1.165, 1.54) is 51.9 Å². The minimum Gasteiger partial charge on any atom is -0.370 e. The second-order valence-corrected chi connectivity index (χ2v) is 8.08. The molecule has 1 unspecified atom stereocenters. The van der Waals surface area contributed by atoms with Gasteiger partial charge in [0.25, 0.3) is 0 Å². The van der Waals surface area contributed by atoms with Gasteiger partial charge in [0.2, 0.25) is 5.91 Å². The summed E-state index contributed by atoms with van der Waals surface area (Å²) in [6.45, 7) is 1.31. The van der Waals surface area contributed by atoms with Gasteiger partial charge >= 0.3 is 6.03 Å². The van der Waals surface area contributed by atoms with E-state index in [0.29, 0.717) is 12.0 Å². The first-order valence-electron chi connectivity index (χ1n) is 10.0. The van der Waals surface area contributed by atoms with Crippen LogP contribution in [0.25, 0.3) is 0 Å². The quantitative estimate of drug-likeness (QED) is 0.692. The van der Waals surface area contributed by atoms with Crippen LogP contribution in [0.3, 0.4) is 0 Å². The van der Waals surface area contributed by atoms with Crippen molar-refractivity contribution in [3.63, 3.8) is 0 Å². The molecule has 1 aromatic carbocycles. The molecule has 6 heteroatoms. The Labute approximate surface area is 167 Å². The second-order valence-electron chi connectivity index (χ2n) is 7.64. The number of urea groups is 1. The van der Waals surface area contributed by atoms with Gasteiger partial charge in [-0.25, -0.2) is 4.79 Å². The van der Waals surface area contributed by atoms with Crippen LogP contribution in [0, 0.1) is 5.92 Å². The van der Waals surface area contributed by atoms with Gasteiger partial charge in [-0.05, 0) is 49.3 Å². The number of carbonyl (C=O) groups excluding carboxylic acids is 2. The molecule has 0 bridgehead atoms. The van der Waals surface area contributed by atoms with E-state index < -0.39 is 0 Å². The Morgan fingerprint density at radius 2 is 1.67 bits per heavy atom. The average Bonchev–Trinajstić information content (AvgIpc) is 3.14. The van der Waals surface area contributed by atoms with Crippen molar-refractivity contribution in [2.24, 2.45) is 11.7 Å². The third-order valence-corrected chi connectivity index (χ3v) is 5.54. The molecule has 3 rings (SSSR count). The Morgan fingerprint density at radius 1 is 1.07 bits per heavy atom. The van der Waals surface area contributed by atoms with Crippen LogP contribution in [0.1, 0.15) is 76.3 Å². The van der Waals surface area contributed by atoms with Crippen LogP contribution in [0.5, 0.6) is 0 Å². The minimum atomic E-state index is -0.333. The Bertz CT molecular complexity index is 607. The normalized spacial score (nSPS) is 18.9. The SMILES string of the molecule is CC(N)=O.O=C(NC1CCCCC1)NC(c1cccc(Cl)c1)C1CCCC1. The molecule has 3 amide bonds. The predicted molar refractivity (Wildman–Crippen MR) is 110 cm³/mol. The maximum Gasteiger partial charge on any atom is 0.315 e. The fourth-order valence-corrected chi connectivity index (χ4v) is 4.28. The summed E-state index contributed by atoms with van der Waals surface area (Å²) < 4.78 is 0. The van der Waals surface area contributed by atoms with Crippen molar-refractivity contribution in [1.82, 2.24) is 10.6 Å². The predicted octanol–water partition coefficient (Wildman–Crippen LogP) is 4.69. The van der Waals surface area contributed by atoms with E-state index in [-0.39, 0.29) is 18.0 Å². The molecule has 2 aliphatic rings. The van der Waals surface area contributed by atoms with Gasteiger partial charge in [0.1, 0.15) is 0 Å². The summed E-state index contributed by atoms with van der Waals surface area (Å²) in [7, 11) is 0. The lowest BCUT2D eigenvalue weighted by Gasteiger charge is -2.28. The monoisotopic (exact) mass is 393 g/mol. The number of amides is 3. The molecule has 0 saturated heterocycles. The molecule has 0 aromatic heterocycles. The van der Waals surface area contributed by atoms with Gasteiger partial charge in [-0.2, -0.15) is 0 Å². The summed E-state index contributed by atoms with van der Waals surface area (Å²) in [6.07, 6.45) is 10.9. The lowest BCUT2D eigenvalue weighted by Crippen LogP contribution is -2.45. The number of primary amides is 1. The maximum absolute atomic E-state index is 12.5. The molecule has 2 aliphatic carbocycles. The molecule has 0 aliphatic heterocycles. The first-order valence-corrected chi connectivity index (χ1v) is 10.4. The van der Waals surface area contributed by atoms with E-state index in [4.69, 9.17) is 11.6 Å². The van der Waals surface area contributed by atoms with Crippen LogP contribution in [-0.2, 0) is 4.79 Å². The van der Waals surface area contributed by atoms with Crippen molar-refractivity contribution < 1.29 is 9.59 Å². The number of halogens is 1. The van der Waals surface area contributed by atoms with Crippen LogP contribution in [0.2, 0.25) is 5.02 Å². The minimum absolute atomic E-state index is 0.0197. The number of hydrogen-bond donors (Lipinski definition) is 3. The van der Waals surface area contributed by atoms with Crippen molar-refractivity contribution >= 4 is 23.5 Å². The fourth-order valence-electron chi connectivity index (χ4n) is 4.08. The van der Waals surface area contributed by atoms with Crippen molar-refractivity contribution in [2.45, 2.75) is 76.8 Å². The zero-order chi connectivity index (χ0) is 19.6. The Kier molecular flexibility index (Phi) is 8.92. The fraction of sp³-hybridized carbons (Fsp3) is 0.619. The van der Waals surface area contributed by atoms with Gasteiger partial charge in [0.15, 0.2) is 0 Å². The first kappa shape index (κ1) is 21.5. The topological polar surface area (TPSA) is 84.2 Å². The lowest BCUT2D eigenvalue weighted by molar-refractivity contribution is -0.115. The smallest absolute Gasteiger partial charge is 0.315 e. The molecule has 0 heterocycles. The van der Waals surface area contributed by atoms with E-state index in [0.717, 1.165) is 23.4 Å². The van der Waals surface area contributed by atoms with Gasteiger partial charge in [-0.3, -0.25) is 4.79 Å². The van der Waals surface area contributed by atoms with E-state index in [9.17, 15) is 9.59 Å². The molecule has 0 radical (unpaired) electrons. The largest absolute Gasteiger partial charge is 0.370 e. The zero-order valence-corrected chi connectivity index (χ0v) is 16.9. The molecular weight excluding hydrogens is 362 g/mol. The lowest BCUT2D eigenvalue weighted by atomic mass is 9.91. The van der Waals surface area contributed by atoms with Crippen LogP contribution in [-0.4, -0.2) is 18.0 Å². The average molecular weight is 394 g/mol. The third-order valence-electron chi connectivity index (χ3n) is 5.31. The standard InChI is InChI=1S/C19H27ClN2O.C2H5NO/c20-16-10-6-9-15(13-16)18(14-7-4-5-8-14)22-19(23)21-17-11-2-1-3-12-17;1-2(3)4/h6,9-10,13-14,17-18H,1-5,7-8,11-12H2,(H2,21,22,23);1H3,(H2,3,4). The Morgan fingerprint density at radius 3 is 2.26 bits per heavy atom. The van der Waals surface area contributed by atoms with Crippen molar-refractivity contribution in [3.05, 3.63) is 34.9 Å². The van der Waals surface area contributed by atoms with Crippen LogP contribution >= 0.6 is 11.6 Å². The number of carbonyl (C=O) groups is 2. The van der Waals surface area contributed by atoms with Gasteiger partial charge in [-0.1, -0.05) is 55.8 Å². The summed E-state index contributed by atoms with van der Waals surface area (Å²) >= 11 is 6.16. The van der Waals surface area contributed by atoms with Crippen LogP contribution in [0.4, 0.5) is 4.79 Å². The number of benzene rings is 1. The van der Waals surface area contributed by atoms with Crippen LogP contribution < -0.4 is 16.4 Å². The molecule has 150 valence electrons. The summed E-state index contributed by atoms with van der Waals surface area (Å²) in [6, 6.07) is 8.32.